The molecule has 2 aromatic rings. The minimum absolute atomic E-state index is 0.244. The first-order valence-corrected chi connectivity index (χ1v) is 9.33. The van der Waals surface area contributed by atoms with E-state index < -0.39 is 0 Å². The van der Waals surface area contributed by atoms with E-state index in [0.29, 0.717) is 17.1 Å². The van der Waals surface area contributed by atoms with Crippen LogP contribution in [0.15, 0.2) is 36.7 Å². The summed E-state index contributed by atoms with van der Waals surface area (Å²) in [7, 11) is 0. The van der Waals surface area contributed by atoms with Crippen molar-refractivity contribution in [2.24, 2.45) is 0 Å². The Bertz CT molecular complexity index is 688. The summed E-state index contributed by atoms with van der Waals surface area (Å²) < 4.78 is 1.87. The van der Waals surface area contributed by atoms with E-state index in [9.17, 15) is 5.11 Å². The Morgan fingerprint density at radius 2 is 2.16 bits per heavy atom. The molecule has 1 aromatic carbocycles. The van der Waals surface area contributed by atoms with Crippen LogP contribution in [-0.2, 0) is 6.54 Å². The Balaban J connectivity index is 1.65. The third kappa shape index (κ3) is 4.61. The molecule has 0 amide bonds. The van der Waals surface area contributed by atoms with Crippen LogP contribution in [0.1, 0.15) is 25.8 Å². The Hall–Kier alpha value is -1.40. The van der Waals surface area contributed by atoms with E-state index >= 15 is 0 Å². The van der Waals surface area contributed by atoms with Gasteiger partial charge >= 0.3 is 0 Å². The Kier molecular flexibility index (Phi) is 6.12. The quantitative estimate of drug-likeness (QED) is 0.858. The summed E-state index contributed by atoms with van der Waals surface area (Å²) in [5.74, 6) is 0. The van der Waals surface area contributed by atoms with Crippen LogP contribution in [0.4, 0.5) is 0 Å². The standard InChI is InChI=1S/C19H27ClN4O/c1-15(2)23-8-7-22(14-19(23)6-9-25)12-16-11-21-24(13-16)18-5-3-4-17(20)10-18/h3-5,10-11,13,15,19,25H,6-9,12,14H2,1-2H3/t19-/m1/s1. The Morgan fingerprint density at radius 1 is 1.32 bits per heavy atom. The van der Waals surface area contributed by atoms with Crippen LogP contribution in [0, 0.1) is 0 Å². The SMILES string of the molecule is CC(C)N1CCN(Cc2cnn(-c3cccc(Cl)c3)c2)C[C@H]1CCO. The molecule has 1 atom stereocenters. The number of benzene rings is 1. The monoisotopic (exact) mass is 362 g/mol. The van der Waals surface area contributed by atoms with Crippen molar-refractivity contribution in [2.45, 2.75) is 38.9 Å². The third-order valence-corrected chi connectivity index (χ3v) is 5.09. The van der Waals surface area contributed by atoms with E-state index in [1.807, 2.05) is 35.1 Å². The molecule has 1 N–H and O–H groups in total. The summed E-state index contributed by atoms with van der Waals surface area (Å²) >= 11 is 6.07. The third-order valence-electron chi connectivity index (χ3n) is 4.85. The molecule has 1 fully saturated rings. The molecule has 0 aliphatic carbocycles. The van der Waals surface area contributed by atoms with Gasteiger partial charge in [-0.25, -0.2) is 4.68 Å². The van der Waals surface area contributed by atoms with Crippen LogP contribution in [0.3, 0.4) is 0 Å². The smallest absolute Gasteiger partial charge is 0.0660 e. The van der Waals surface area contributed by atoms with E-state index in [1.165, 1.54) is 5.56 Å². The van der Waals surface area contributed by atoms with Gasteiger partial charge in [0.15, 0.2) is 0 Å². The van der Waals surface area contributed by atoms with Crippen LogP contribution in [0.2, 0.25) is 5.02 Å². The van der Waals surface area contributed by atoms with Crippen LogP contribution in [0.25, 0.3) is 5.69 Å². The lowest BCUT2D eigenvalue weighted by Gasteiger charge is -2.43. The topological polar surface area (TPSA) is 44.5 Å². The van der Waals surface area contributed by atoms with Gasteiger partial charge in [0.05, 0.1) is 11.9 Å². The molecule has 0 bridgehead atoms. The Morgan fingerprint density at radius 3 is 2.88 bits per heavy atom. The molecule has 2 heterocycles. The number of rotatable bonds is 6. The van der Waals surface area contributed by atoms with Crippen LogP contribution in [0.5, 0.6) is 0 Å². The van der Waals surface area contributed by atoms with Crippen molar-refractivity contribution in [3.63, 3.8) is 0 Å². The van der Waals surface area contributed by atoms with E-state index in [-0.39, 0.29) is 6.61 Å². The number of hydrogen-bond acceptors (Lipinski definition) is 4. The van der Waals surface area contributed by atoms with Gasteiger partial charge in [0.25, 0.3) is 0 Å². The van der Waals surface area contributed by atoms with Gasteiger partial charge in [-0.3, -0.25) is 9.80 Å². The van der Waals surface area contributed by atoms with Crippen molar-refractivity contribution in [1.29, 1.82) is 0 Å². The number of piperazine rings is 1. The second-order valence-corrected chi connectivity index (χ2v) is 7.44. The normalized spacial score (nSPS) is 19.6. The average molecular weight is 363 g/mol. The second-order valence-electron chi connectivity index (χ2n) is 7.01. The molecule has 1 saturated heterocycles. The lowest BCUT2D eigenvalue weighted by molar-refractivity contribution is 0.0349. The van der Waals surface area contributed by atoms with Crippen molar-refractivity contribution >= 4 is 11.6 Å². The summed E-state index contributed by atoms with van der Waals surface area (Å²) in [4.78, 5) is 4.96. The van der Waals surface area contributed by atoms with E-state index in [4.69, 9.17) is 11.6 Å². The van der Waals surface area contributed by atoms with Crippen molar-refractivity contribution in [1.82, 2.24) is 19.6 Å². The minimum atomic E-state index is 0.244. The molecule has 1 aliphatic rings. The maximum absolute atomic E-state index is 9.38. The van der Waals surface area contributed by atoms with Crippen LogP contribution < -0.4 is 0 Å². The first-order chi connectivity index (χ1) is 12.1. The Labute approximate surface area is 154 Å². The minimum Gasteiger partial charge on any atom is -0.396 e. The summed E-state index contributed by atoms with van der Waals surface area (Å²) in [5.41, 5.74) is 2.17. The molecule has 0 unspecified atom stereocenters. The van der Waals surface area contributed by atoms with Crippen LogP contribution >= 0.6 is 11.6 Å². The number of halogens is 1. The number of hydrogen-bond donors (Lipinski definition) is 1. The predicted molar refractivity (Wildman–Crippen MR) is 101 cm³/mol. The highest BCUT2D eigenvalue weighted by atomic mass is 35.5. The van der Waals surface area contributed by atoms with Gasteiger partial charge in [-0.05, 0) is 38.5 Å². The molecule has 0 spiro atoms. The lowest BCUT2D eigenvalue weighted by Crippen LogP contribution is -2.55. The molecular weight excluding hydrogens is 336 g/mol. The highest BCUT2D eigenvalue weighted by molar-refractivity contribution is 6.30. The first kappa shape index (κ1) is 18.4. The lowest BCUT2D eigenvalue weighted by atomic mass is 10.1. The van der Waals surface area contributed by atoms with E-state index in [1.54, 1.807) is 0 Å². The fourth-order valence-corrected chi connectivity index (χ4v) is 3.81. The summed E-state index contributed by atoms with van der Waals surface area (Å²) in [5, 5.41) is 14.6. The maximum atomic E-state index is 9.38. The van der Waals surface area contributed by atoms with Gasteiger partial charge in [-0.1, -0.05) is 17.7 Å². The molecule has 1 aromatic heterocycles. The van der Waals surface area contributed by atoms with E-state index in [2.05, 4.69) is 34.9 Å². The highest BCUT2D eigenvalue weighted by Crippen LogP contribution is 2.19. The van der Waals surface area contributed by atoms with Crippen molar-refractivity contribution in [3.05, 3.63) is 47.2 Å². The zero-order chi connectivity index (χ0) is 17.8. The molecule has 0 saturated carbocycles. The number of aliphatic hydroxyl groups excluding tert-OH is 1. The van der Waals surface area contributed by atoms with Gasteiger partial charge in [0, 0.05) is 61.7 Å². The number of aromatic nitrogens is 2. The zero-order valence-corrected chi connectivity index (χ0v) is 15.7. The maximum Gasteiger partial charge on any atom is 0.0660 e. The highest BCUT2D eigenvalue weighted by Gasteiger charge is 2.28. The van der Waals surface area contributed by atoms with Gasteiger partial charge in [0.2, 0.25) is 0 Å². The van der Waals surface area contributed by atoms with Crippen LogP contribution in [-0.4, -0.2) is 63.0 Å². The number of nitrogens with zero attached hydrogens (tertiary/aromatic N) is 4. The molecule has 25 heavy (non-hydrogen) atoms. The van der Waals surface area contributed by atoms with Gasteiger partial charge in [-0.2, -0.15) is 5.10 Å². The second kappa shape index (κ2) is 8.32. The first-order valence-electron chi connectivity index (χ1n) is 8.95. The molecular formula is C19H27ClN4O. The summed E-state index contributed by atoms with van der Waals surface area (Å²) in [6.45, 7) is 8.67. The molecule has 1 aliphatic heterocycles. The molecule has 6 heteroatoms. The summed E-state index contributed by atoms with van der Waals surface area (Å²) in [6, 6.07) is 8.65. The van der Waals surface area contributed by atoms with Crippen molar-refractivity contribution in [2.75, 3.05) is 26.2 Å². The van der Waals surface area contributed by atoms with Gasteiger partial charge in [-0.15, -0.1) is 0 Å². The fraction of sp³-hybridized carbons (Fsp3) is 0.526. The van der Waals surface area contributed by atoms with E-state index in [0.717, 1.165) is 38.3 Å². The molecule has 0 radical (unpaired) electrons. The molecule has 5 nitrogen and oxygen atoms in total. The van der Waals surface area contributed by atoms with Crippen molar-refractivity contribution < 1.29 is 5.11 Å². The predicted octanol–water partition coefficient (Wildman–Crippen LogP) is 2.80. The summed E-state index contributed by atoms with van der Waals surface area (Å²) in [6.07, 6.45) is 4.83. The average Bonchev–Trinajstić information content (AvgIpc) is 3.04. The zero-order valence-electron chi connectivity index (χ0n) is 15.0. The number of aliphatic hydroxyl groups is 1. The largest absolute Gasteiger partial charge is 0.396 e. The fourth-order valence-electron chi connectivity index (χ4n) is 3.62. The molecule has 3 rings (SSSR count). The van der Waals surface area contributed by atoms with Gasteiger partial charge < -0.3 is 5.11 Å². The van der Waals surface area contributed by atoms with Gasteiger partial charge in [0.1, 0.15) is 0 Å². The molecule has 136 valence electrons. The van der Waals surface area contributed by atoms with Crippen molar-refractivity contribution in [3.8, 4) is 5.69 Å².